The van der Waals surface area contributed by atoms with E-state index in [1.54, 1.807) is 0 Å². The number of aromatic nitrogens is 6. The number of hydrogen-bond donors (Lipinski definition) is 0. The van der Waals surface area contributed by atoms with E-state index in [2.05, 4.69) is 340 Å². The highest BCUT2D eigenvalue weighted by Crippen LogP contribution is 2.65. The Labute approximate surface area is 648 Å². The molecule has 0 atom stereocenters. The van der Waals surface area contributed by atoms with Gasteiger partial charge < -0.3 is 9.47 Å². The molecule has 8 nitrogen and oxygen atoms in total. The highest BCUT2D eigenvalue weighted by molar-refractivity contribution is 5.92. The number of benzene rings is 16. The molecule has 8 heteroatoms. The Hall–Kier alpha value is -14.9. The maximum absolute atomic E-state index is 7.35. The number of hydrogen-bond acceptors (Lipinski definition) is 8. The first-order valence-corrected chi connectivity index (χ1v) is 37.9. The summed E-state index contributed by atoms with van der Waals surface area (Å²) in [5.41, 5.74) is 28.9. The molecular weight excluding hydrogens is 1370 g/mol. The van der Waals surface area contributed by atoms with E-state index in [1.807, 2.05) is 48.5 Å². The first-order chi connectivity index (χ1) is 55.5. The van der Waals surface area contributed by atoms with Gasteiger partial charge in [0, 0.05) is 55.6 Å². The third-order valence-corrected chi connectivity index (χ3v) is 23.0. The predicted octanol–water partition coefficient (Wildman–Crippen LogP) is 25.3. The number of nitrogens with zero attached hydrogens (tertiary/aromatic N) is 6. The second-order valence-electron chi connectivity index (χ2n) is 29.1. The van der Waals surface area contributed by atoms with E-state index in [0.717, 1.165) is 134 Å². The average Bonchev–Trinajstić information content (AvgIpc) is 1.51. The van der Waals surface area contributed by atoms with Crippen molar-refractivity contribution in [2.24, 2.45) is 0 Å². The van der Waals surface area contributed by atoms with Gasteiger partial charge in [0.25, 0.3) is 0 Å². The summed E-state index contributed by atoms with van der Waals surface area (Å²) in [5, 5.41) is 0. The zero-order chi connectivity index (χ0) is 73.9. The van der Waals surface area contributed by atoms with Crippen molar-refractivity contribution in [1.29, 1.82) is 0 Å². The Morgan fingerprint density at radius 2 is 0.393 bits per heavy atom. The van der Waals surface area contributed by atoms with Gasteiger partial charge in [-0.25, -0.2) is 29.9 Å². The fourth-order valence-electron chi connectivity index (χ4n) is 17.9. The third kappa shape index (κ3) is 10.3. The van der Waals surface area contributed by atoms with Crippen molar-refractivity contribution in [3.8, 4) is 169 Å². The summed E-state index contributed by atoms with van der Waals surface area (Å²) in [6.45, 7) is 0. The fourth-order valence-corrected chi connectivity index (χ4v) is 17.9. The average molecular weight is 1430 g/mol. The van der Waals surface area contributed by atoms with Crippen molar-refractivity contribution in [2.75, 3.05) is 0 Å². The van der Waals surface area contributed by atoms with Crippen LogP contribution in [0.2, 0.25) is 0 Å². The Kier molecular flexibility index (Phi) is 14.9. The summed E-state index contributed by atoms with van der Waals surface area (Å²) < 4.78 is 14.3. The molecule has 18 aromatic rings. The van der Waals surface area contributed by atoms with Crippen LogP contribution in [0, 0.1) is 0 Å². The van der Waals surface area contributed by atoms with Crippen LogP contribution in [0.1, 0.15) is 44.5 Å². The second-order valence-corrected chi connectivity index (χ2v) is 29.1. The van der Waals surface area contributed by atoms with E-state index in [0.29, 0.717) is 34.9 Å². The molecule has 22 rings (SSSR count). The molecule has 4 heterocycles. The molecule has 0 fully saturated rings. The lowest BCUT2D eigenvalue weighted by atomic mass is 9.65. The van der Waals surface area contributed by atoms with Gasteiger partial charge in [0.1, 0.15) is 23.0 Å². The van der Waals surface area contributed by atoms with Crippen LogP contribution < -0.4 is 9.47 Å². The quantitative estimate of drug-likeness (QED) is 0.126. The van der Waals surface area contributed by atoms with E-state index < -0.39 is 10.8 Å². The highest BCUT2D eigenvalue weighted by atomic mass is 16.5. The molecule has 0 radical (unpaired) electrons. The van der Waals surface area contributed by atoms with E-state index in [9.17, 15) is 0 Å². The topological polar surface area (TPSA) is 95.8 Å². The molecule has 0 bridgehead atoms. The van der Waals surface area contributed by atoms with E-state index in [4.69, 9.17) is 39.4 Å². The Morgan fingerprint density at radius 1 is 0.143 bits per heavy atom. The van der Waals surface area contributed by atoms with Crippen molar-refractivity contribution in [3.63, 3.8) is 0 Å². The van der Waals surface area contributed by atoms with E-state index >= 15 is 0 Å². The summed E-state index contributed by atoms with van der Waals surface area (Å²) in [4.78, 5) is 31.4. The fraction of sp³-hybridized carbons (Fsp3) is 0.0192. The minimum absolute atomic E-state index is 0.539. The van der Waals surface area contributed by atoms with E-state index in [1.165, 1.54) is 44.5 Å². The standard InChI is InChI=1S/C104H64N6O2/c1-4-23-65(24-5-1)74-29-22-30-78(61-74)101-107-98(71-49-43-66(44-50-71)75-55-58-90-94(62-75)111-93-42-21-20-41-89(93)103(90)85-37-16-12-32-80(85)81-33-13-17-38-86(81)103)106-99(108-101)72-51-45-67(46-52-72)76-56-59-91-95(63-76)112-96-64-77(57-60-92(96)104(91)87-39-18-14-34-82(87)83-35-15-19-40-88(83)104)68-47-53-73(54-48-68)100-105-97(70-27-8-3-9-28-70)109-102(110-100)84-36-11-10-31-79(84)69-25-6-2-7-26-69/h1-64H. The SMILES string of the molecule is c1ccc(-c2cccc(-c3nc(-c4ccc(-c5ccc6c(c5)Oc5ccccc5C65c6ccccc6-c6ccccc65)cc4)nc(-c4ccc(-c5ccc6c(c5)Oc5cc(-c7ccc(-c8nc(-c9ccccc9)nc(-c9ccccc9-c9ccccc9)n8)cc7)ccc5C65c6ccccc6-c6ccccc65)cc4)n3)c2)cc1. The van der Waals surface area contributed by atoms with Crippen LogP contribution in [0.15, 0.2) is 388 Å². The van der Waals surface area contributed by atoms with Crippen LogP contribution in [0.3, 0.4) is 0 Å². The van der Waals surface area contributed by atoms with Gasteiger partial charge in [-0.05, 0) is 130 Å². The minimum atomic E-state index is -0.674. The summed E-state index contributed by atoms with van der Waals surface area (Å²) in [5.74, 6) is 6.78. The minimum Gasteiger partial charge on any atom is -0.457 e. The molecule has 2 spiro atoms. The Bertz CT molecular complexity index is 6710. The number of fused-ring (bicyclic) bond motifs is 18. The van der Waals surface area contributed by atoms with Crippen LogP contribution in [0.5, 0.6) is 23.0 Å². The molecule has 0 unspecified atom stereocenters. The first kappa shape index (κ1) is 64.3. The van der Waals surface area contributed by atoms with Gasteiger partial charge in [0.2, 0.25) is 0 Å². The van der Waals surface area contributed by atoms with Crippen LogP contribution in [-0.2, 0) is 10.8 Å². The Balaban J connectivity index is 0.607. The number of para-hydroxylation sites is 1. The molecule has 0 saturated heterocycles. The van der Waals surface area contributed by atoms with Gasteiger partial charge in [-0.3, -0.25) is 0 Å². The van der Waals surface area contributed by atoms with Gasteiger partial charge in [-0.15, -0.1) is 0 Å². The van der Waals surface area contributed by atoms with Crippen LogP contribution in [0.25, 0.3) is 146 Å². The molecule has 16 aromatic carbocycles. The van der Waals surface area contributed by atoms with Gasteiger partial charge in [0.05, 0.1) is 10.8 Å². The van der Waals surface area contributed by atoms with E-state index in [-0.39, 0.29) is 0 Å². The first-order valence-electron chi connectivity index (χ1n) is 37.9. The molecule has 0 N–H and O–H groups in total. The van der Waals surface area contributed by atoms with Crippen LogP contribution in [0.4, 0.5) is 0 Å². The molecule has 0 saturated carbocycles. The molecule has 522 valence electrons. The summed E-state index contributed by atoms with van der Waals surface area (Å²) in [6, 6.07) is 138. The Morgan fingerprint density at radius 3 is 0.812 bits per heavy atom. The van der Waals surface area contributed by atoms with Gasteiger partial charge in [0.15, 0.2) is 34.9 Å². The maximum Gasteiger partial charge on any atom is 0.164 e. The summed E-state index contributed by atoms with van der Waals surface area (Å²) in [7, 11) is 0. The zero-order valence-corrected chi connectivity index (χ0v) is 60.5. The van der Waals surface area contributed by atoms with Crippen LogP contribution in [-0.4, -0.2) is 29.9 Å². The van der Waals surface area contributed by atoms with Crippen molar-refractivity contribution >= 4 is 0 Å². The van der Waals surface area contributed by atoms with Crippen molar-refractivity contribution < 1.29 is 9.47 Å². The lowest BCUT2D eigenvalue weighted by Crippen LogP contribution is -2.32. The molecular formula is C104H64N6O2. The maximum atomic E-state index is 7.35. The lowest BCUT2D eigenvalue weighted by molar-refractivity contribution is 0.436. The highest BCUT2D eigenvalue weighted by Gasteiger charge is 2.53. The second kappa shape index (κ2) is 25.9. The van der Waals surface area contributed by atoms with Gasteiger partial charge >= 0.3 is 0 Å². The smallest absolute Gasteiger partial charge is 0.164 e. The number of ether oxygens (including phenoxy) is 2. The normalized spacial score (nSPS) is 13.1. The number of rotatable bonds is 11. The lowest BCUT2D eigenvalue weighted by Gasteiger charge is -2.39. The van der Waals surface area contributed by atoms with Gasteiger partial charge in [-0.2, -0.15) is 0 Å². The monoisotopic (exact) mass is 1430 g/mol. The molecule has 2 aliphatic carbocycles. The zero-order valence-electron chi connectivity index (χ0n) is 60.5. The van der Waals surface area contributed by atoms with Gasteiger partial charge in [-0.1, -0.05) is 358 Å². The summed E-state index contributed by atoms with van der Waals surface area (Å²) in [6.07, 6.45) is 0. The molecule has 0 amide bonds. The third-order valence-electron chi connectivity index (χ3n) is 23.0. The summed E-state index contributed by atoms with van der Waals surface area (Å²) >= 11 is 0. The van der Waals surface area contributed by atoms with Crippen molar-refractivity contribution in [2.45, 2.75) is 10.8 Å². The molecule has 2 aliphatic heterocycles. The van der Waals surface area contributed by atoms with Crippen molar-refractivity contribution in [3.05, 3.63) is 433 Å². The molecule has 2 aromatic heterocycles. The predicted molar refractivity (Wildman–Crippen MR) is 448 cm³/mol. The van der Waals surface area contributed by atoms with Crippen molar-refractivity contribution in [1.82, 2.24) is 29.9 Å². The largest absolute Gasteiger partial charge is 0.457 e. The molecule has 112 heavy (non-hydrogen) atoms. The van der Waals surface area contributed by atoms with Crippen LogP contribution >= 0.6 is 0 Å². The molecule has 4 aliphatic rings.